The lowest BCUT2D eigenvalue weighted by Gasteiger charge is -2.55. The van der Waals surface area contributed by atoms with Crippen LogP contribution in [-0.4, -0.2) is 40.8 Å². The predicted octanol–water partition coefficient (Wildman–Crippen LogP) is 4.51. The maximum absolute atomic E-state index is 6.76. The highest BCUT2D eigenvalue weighted by Crippen LogP contribution is 2.43. The predicted molar refractivity (Wildman–Crippen MR) is 97.4 cm³/mol. The topological polar surface area (TPSA) is 21.8 Å². The third-order valence-electron chi connectivity index (χ3n) is 7.41. The molecule has 1 saturated carbocycles. The first-order valence-electron chi connectivity index (χ1n) is 8.96. The number of hydrogen-bond acceptors (Lipinski definition) is 2. The van der Waals surface area contributed by atoms with Crippen LogP contribution in [0.25, 0.3) is 0 Å². The fourth-order valence-electron chi connectivity index (χ4n) is 4.58. The Bertz CT molecular complexity index is 388. The summed E-state index contributed by atoms with van der Waals surface area (Å²) in [5.74, 6) is 0.916. The smallest absolute Gasteiger partial charge is 0.171 e. The Balaban J connectivity index is 1.56. The Morgan fingerprint density at radius 2 is 1.62 bits per heavy atom. The Morgan fingerprint density at radius 3 is 2.24 bits per heavy atom. The van der Waals surface area contributed by atoms with Crippen molar-refractivity contribution in [2.75, 3.05) is 0 Å². The van der Waals surface area contributed by atoms with Gasteiger partial charge in [-0.25, -0.2) is 0 Å². The lowest BCUT2D eigenvalue weighted by Crippen LogP contribution is -2.76. The van der Waals surface area contributed by atoms with Crippen molar-refractivity contribution in [3.8, 4) is 0 Å². The summed E-state index contributed by atoms with van der Waals surface area (Å²) in [5, 5.41) is 0. The molecule has 3 fully saturated rings. The van der Waals surface area contributed by atoms with Gasteiger partial charge in [0.2, 0.25) is 0 Å². The fraction of sp³-hybridized carbons (Fsp3) is 1.00. The molecule has 2 nitrogen and oxygen atoms in total. The lowest BCUT2D eigenvalue weighted by molar-refractivity contribution is 0.186. The van der Waals surface area contributed by atoms with Gasteiger partial charge in [-0.2, -0.15) is 0 Å². The van der Waals surface area contributed by atoms with E-state index in [2.05, 4.69) is 39.3 Å². The molecule has 0 aromatic rings. The van der Waals surface area contributed by atoms with E-state index in [-0.39, 0.29) is 0 Å². The molecule has 2 saturated heterocycles. The second kappa shape index (κ2) is 5.30. The van der Waals surface area contributed by atoms with Gasteiger partial charge in [0.05, 0.1) is 19.3 Å². The van der Waals surface area contributed by atoms with E-state index in [1.54, 1.807) is 0 Å². The van der Waals surface area contributed by atoms with Crippen molar-refractivity contribution in [3.05, 3.63) is 0 Å². The number of hydrogen-bond donors (Lipinski definition) is 0. The zero-order valence-corrected chi connectivity index (χ0v) is 17.9. The van der Waals surface area contributed by atoms with Crippen molar-refractivity contribution in [1.82, 2.24) is 0 Å². The van der Waals surface area contributed by atoms with Gasteiger partial charge in [-0.3, -0.25) is 0 Å². The highest BCUT2D eigenvalue weighted by Gasteiger charge is 2.58. The Labute approximate surface area is 133 Å². The van der Waals surface area contributed by atoms with E-state index in [0.29, 0.717) is 18.3 Å². The molecule has 3 aliphatic rings. The molecule has 2 aliphatic heterocycles. The second-order valence-electron chi connectivity index (χ2n) is 9.43. The first-order chi connectivity index (χ1) is 9.62. The lowest BCUT2D eigenvalue weighted by atomic mass is 9.85. The molecule has 0 aromatic heterocycles. The van der Waals surface area contributed by atoms with Crippen LogP contribution in [-0.2, 0) is 9.16 Å². The van der Waals surface area contributed by atoms with Gasteiger partial charge in [-0.1, -0.05) is 26.2 Å². The third-order valence-corrected chi connectivity index (χ3v) is 47.9. The van der Waals surface area contributed by atoms with Crippen LogP contribution in [0.1, 0.15) is 32.1 Å². The molecular weight excluding hydrogens is 308 g/mol. The highest BCUT2D eigenvalue weighted by molar-refractivity contribution is 7.67. The van der Waals surface area contributed by atoms with Gasteiger partial charge < -0.3 is 9.16 Å². The van der Waals surface area contributed by atoms with Crippen LogP contribution in [0, 0.1) is 5.92 Å². The summed E-state index contributed by atoms with van der Waals surface area (Å²) in [6.07, 6.45) is 8.63. The minimum Gasteiger partial charge on any atom is -0.418 e. The average molecular weight is 343 g/mol. The van der Waals surface area contributed by atoms with E-state index in [0.717, 1.165) is 5.92 Å². The van der Waals surface area contributed by atoms with Crippen LogP contribution in [0.4, 0.5) is 0 Å². The van der Waals surface area contributed by atoms with Crippen LogP contribution in [0.15, 0.2) is 0 Å². The van der Waals surface area contributed by atoms with Gasteiger partial charge in [-0.15, -0.1) is 0 Å². The number of ether oxygens (including phenoxy) is 1. The van der Waals surface area contributed by atoms with Crippen LogP contribution < -0.4 is 0 Å². The second-order valence-corrected chi connectivity index (χ2v) is 36.8. The molecule has 1 aliphatic carbocycles. The van der Waals surface area contributed by atoms with Gasteiger partial charge in [0.25, 0.3) is 0 Å². The van der Waals surface area contributed by atoms with Gasteiger partial charge in [-0.05, 0) is 57.2 Å². The molecule has 21 heavy (non-hydrogen) atoms. The Kier molecular flexibility index (Phi) is 4.14. The third kappa shape index (κ3) is 3.01. The summed E-state index contributed by atoms with van der Waals surface area (Å²) in [7, 11) is -3.62. The summed E-state index contributed by atoms with van der Waals surface area (Å²) < 4.78 is 12.4. The monoisotopic (exact) mass is 342 g/mol. The maximum Gasteiger partial charge on any atom is 0.171 e. The molecule has 0 radical (unpaired) electrons. The van der Waals surface area contributed by atoms with E-state index in [4.69, 9.17) is 9.16 Å². The first-order valence-corrected chi connectivity index (χ1v) is 20.1. The van der Waals surface area contributed by atoms with Crippen LogP contribution >= 0.6 is 0 Å². The van der Waals surface area contributed by atoms with E-state index in [1.165, 1.54) is 38.1 Å². The largest absolute Gasteiger partial charge is 0.418 e. The SMILES string of the molecule is C[Si]1(C)CC(CCC2CCC3OC3C2)O[Si](C)(C)[Si]1(C)C. The molecular formula is C16H34O2Si3. The maximum atomic E-state index is 6.76. The van der Waals surface area contributed by atoms with Crippen molar-refractivity contribution in [3.63, 3.8) is 0 Å². The summed E-state index contributed by atoms with van der Waals surface area (Å²) in [6, 6.07) is 1.43. The zero-order chi connectivity index (χ0) is 15.5. The summed E-state index contributed by atoms with van der Waals surface area (Å²) in [4.78, 5) is 0. The van der Waals surface area contributed by atoms with Gasteiger partial charge in [0.15, 0.2) is 7.83 Å². The number of rotatable bonds is 3. The van der Waals surface area contributed by atoms with E-state index in [9.17, 15) is 0 Å². The van der Waals surface area contributed by atoms with Gasteiger partial charge in [0.1, 0.15) is 0 Å². The highest BCUT2D eigenvalue weighted by atomic mass is 29.6. The summed E-state index contributed by atoms with van der Waals surface area (Å²) in [5.41, 5.74) is 0. The molecule has 3 rings (SSSR count). The quantitative estimate of drug-likeness (QED) is 0.556. The standard InChI is InChI=1S/C16H34O2Si3/c1-19(2)12-14(18-20(3,4)21(19,5)6)9-7-13-8-10-15-16(11-13)17-15/h13-16H,7-12H2,1-6H3. The molecule has 0 bridgehead atoms. The molecule has 0 N–H and O–H groups in total. The minimum atomic E-state index is -1.43. The average Bonchev–Trinajstić information content (AvgIpc) is 3.11. The van der Waals surface area contributed by atoms with Crippen molar-refractivity contribution in [2.45, 2.75) is 95.7 Å². The summed E-state index contributed by atoms with van der Waals surface area (Å²) in [6.45, 7) is 15.6. The van der Waals surface area contributed by atoms with Crippen molar-refractivity contribution in [2.24, 2.45) is 5.92 Å². The molecule has 4 atom stereocenters. The Hall–Kier alpha value is 0.571. The molecule has 0 spiro atoms. The van der Waals surface area contributed by atoms with Crippen molar-refractivity contribution < 1.29 is 9.16 Å². The molecule has 0 amide bonds. The zero-order valence-electron chi connectivity index (χ0n) is 14.9. The van der Waals surface area contributed by atoms with Gasteiger partial charge in [0, 0.05) is 13.7 Å². The van der Waals surface area contributed by atoms with E-state index < -0.39 is 22.5 Å². The van der Waals surface area contributed by atoms with Crippen LogP contribution in [0.2, 0.25) is 45.3 Å². The minimum absolute atomic E-state index is 0.590. The fourth-order valence-corrected chi connectivity index (χ4v) is 34.2. The summed E-state index contributed by atoms with van der Waals surface area (Å²) >= 11 is 0. The van der Waals surface area contributed by atoms with Crippen molar-refractivity contribution in [1.29, 1.82) is 0 Å². The van der Waals surface area contributed by atoms with Crippen LogP contribution in [0.5, 0.6) is 0 Å². The molecule has 122 valence electrons. The van der Waals surface area contributed by atoms with Crippen molar-refractivity contribution >= 4 is 22.5 Å². The van der Waals surface area contributed by atoms with E-state index >= 15 is 0 Å². The molecule has 0 aromatic carbocycles. The molecule has 5 heteroatoms. The van der Waals surface area contributed by atoms with Crippen LogP contribution in [0.3, 0.4) is 0 Å². The van der Waals surface area contributed by atoms with E-state index in [1.807, 2.05) is 0 Å². The number of fused-ring (bicyclic) bond motifs is 1. The first kappa shape index (κ1) is 16.4. The number of epoxide rings is 1. The Morgan fingerprint density at radius 1 is 0.905 bits per heavy atom. The molecule has 4 unspecified atom stereocenters. The van der Waals surface area contributed by atoms with Gasteiger partial charge >= 0.3 is 0 Å². The molecule has 2 heterocycles. The normalized spacial score (nSPS) is 43.1.